The zero-order valence-electron chi connectivity index (χ0n) is 10.2. The van der Waals surface area contributed by atoms with E-state index in [9.17, 15) is 0 Å². The van der Waals surface area contributed by atoms with E-state index in [1.807, 2.05) is 48.8 Å². The fourth-order valence-corrected chi connectivity index (χ4v) is 1.78. The molecule has 0 aliphatic rings. The maximum atomic E-state index is 9.09. The zero-order chi connectivity index (χ0) is 12.4. The van der Waals surface area contributed by atoms with Gasteiger partial charge in [0.1, 0.15) is 11.9 Å². The van der Waals surface area contributed by atoms with E-state index in [0.717, 1.165) is 17.0 Å². The molecule has 0 saturated heterocycles. The Morgan fingerprint density at radius 1 is 1.53 bits per heavy atom. The standard InChI is InChI=1S/C12H15N5/c1-14-8-12-15-10(7-13)11-6-9(16(2)3)4-5-17(11)12/h4-6,14H,8H2,1-3H3. The van der Waals surface area contributed by atoms with Gasteiger partial charge in [-0.05, 0) is 19.2 Å². The van der Waals surface area contributed by atoms with Gasteiger partial charge in [-0.2, -0.15) is 5.26 Å². The number of imidazole rings is 1. The molecule has 2 aromatic heterocycles. The highest BCUT2D eigenvalue weighted by Crippen LogP contribution is 2.19. The van der Waals surface area contributed by atoms with Crippen LogP contribution in [0.5, 0.6) is 0 Å². The molecule has 2 aromatic rings. The molecular weight excluding hydrogens is 214 g/mol. The Labute approximate surface area is 100 Å². The quantitative estimate of drug-likeness (QED) is 0.852. The predicted molar refractivity (Wildman–Crippen MR) is 67.0 cm³/mol. The lowest BCUT2D eigenvalue weighted by Gasteiger charge is -2.12. The van der Waals surface area contributed by atoms with E-state index < -0.39 is 0 Å². The molecule has 0 unspecified atom stereocenters. The number of fused-ring (bicyclic) bond motifs is 1. The van der Waals surface area contributed by atoms with Gasteiger partial charge in [-0.25, -0.2) is 4.98 Å². The lowest BCUT2D eigenvalue weighted by atomic mass is 10.3. The minimum atomic E-state index is 0.471. The molecule has 0 spiro atoms. The van der Waals surface area contributed by atoms with E-state index in [0.29, 0.717) is 12.2 Å². The Balaban J connectivity index is 2.64. The molecule has 0 saturated carbocycles. The van der Waals surface area contributed by atoms with Crippen LogP contribution in [0.2, 0.25) is 0 Å². The molecule has 17 heavy (non-hydrogen) atoms. The smallest absolute Gasteiger partial charge is 0.166 e. The Kier molecular flexibility index (Phi) is 2.98. The molecular formula is C12H15N5. The highest BCUT2D eigenvalue weighted by Gasteiger charge is 2.10. The number of nitriles is 1. The van der Waals surface area contributed by atoms with E-state index >= 15 is 0 Å². The number of rotatable bonds is 3. The summed E-state index contributed by atoms with van der Waals surface area (Å²) in [5.74, 6) is 0.851. The van der Waals surface area contributed by atoms with Gasteiger partial charge < -0.3 is 14.6 Å². The fraction of sp³-hybridized carbons (Fsp3) is 0.333. The Hall–Kier alpha value is -2.06. The van der Waals surface area contributed by atoms with Crippen molar-refractivity contribution in [2.75, 3.05) is 26.0 Å². The molecule has 2 rings (SSSR count). The average molecular weight is 229 g/mol. The molecule has 0 fully saturated rings. The SMILES string of the molecule is CNCc1nc(C#N)c2cc(N(C)C)ccn12. The van der Waals surface area contributed by atoms with Crippen molar-refractivity contribution in [1.29, 1.82) is 5.26 Å². The molecule has 0 radical (unpaired) electrons. The van der Waals surface area contributed by atoms with Crippen molar-refractivity contribution in [2.45, 2.75) is 6.54 Å². The van der Waals surface area contributed by atoms with Crippen LogP contribution in [-0.2, 0) is 6.54 Å². The summed E-state index contributed by atoms with van der Waals surface area (Å²) < 4.78 is 1.95. The Morgan fingerprint density at radius 3 is 2.88 bits per heavy atom. The molecule has 0 aliphatic carbocycles. The highest BCUT2D eigenvalue weighted by molar-refractivity contribution is 5.65. The number of anilines is 1. The number of hydrogen-bond donors (Lipinski definition) is 1. The van der Waals surface area contributed by atoms with Gasteiger partial charge in [-0.15, -0.1) is 0 Å². The number of nitrogens with one attached hydrogen (secondary N) is 1. The first-order valence-corrected chi connectivity index (χ1v) is 5.40. The molecule has 5 nitrogen and oxygen atoms in total. The summed E-state index contributed by atoms with van der Waals surface area (Å²) in [4.78, 5) is 6.32. The molecule has 2 heterocycles. The van der Waals surface area contributed by atoms with E-state index in [-0.39, 0.29) is 0 Å². The van der Waals surface area contributed by atoms with Crippen molar-refractivity contribution in [3.05, 3.63) is 29.8 Å². The van der Waals surface area contributed by atoms with E-state index in [1.165, 1.54) is 0 Å². The van der Waals surface area contributed by atoms with E-state index in [4.69, 9.17) is 5.26 Å². The maximum absolute atomic E-state index is 9.09. The largest absolute Gasteiger partial charge is 0.378 e. The van der Waals surface area contributed by atoms with Crippen LogP contribution >= 0.6 is 0 Å². The summed E-state index contributed by atoms with van der Waals surface area (Å²) in [5.41, 5.74) is 2.38. The second-order valence-electron chi connectivity index (χ2n) is 4.05. The number of aromatic nitrogens is 2. The summed E-state index contributed by atoms with van der Waals surface area (Å²) in [7, 11) is 5.81. The van der Waals surface area contributed by atoms with Crippen molar-refractivity contribution in [2.24, 2.45) is 0 Å². The van der Waals surface area contributed by atoms with Crippen LogP contribution in [0.4, 0.5) is 5.69 Å². The van der Waals surface area contributed by atoms with Gasteiger partial charge in [0.15, 0.2) is 5.69 Å². The summed E-state index contributed by atoms with van der Waals surface area (Å²) >= 11 is 0. The van der Waals surface area contributed by atoms with Gasteiger partial charge in [0.05, 0.1) is 12.1 Å². The second-order valence-corrected chi connectivity index (χ2v) is 4.05. The van der Waals surface area contributed by atoms with Gasteiger partial charge in [0.2, 0.25) is 0 Å². The fourth-order valence-electron chi connectivity index (χ4n) is 1.78. The van der Waals surface area contributed by atoms with Crippen LogP contribution in [0.1, 0.15) is 11.5 Å². The third kappa shape index (κ3) is 1.95. The second kappa shape index (κ2) is 4.44. The van der Waals surface area contributed by atoms with Crippen LogP contribution in [0.25, 0.3) is 5.52 Å². The van der Waals surface area contributed by atoms with Crippen molar-refractivity contribution < 1.29 is 0 Å². The first kappa shape index (κ1) is 11.4. The highest BCUT2D eigenvalue weighted by atomic mass is 15.1. The molecule has 0 amide bonds. The van der Waals surface area contributed by atoms with E-state index in [2.05, 4.69) is 16.4 Å². The molecule has 0 bridgehead atoms. The van der Waals surface area contributed by atoms with Gasteiger partial charge >= 0.3 is 0 Å². The molecule has 0 aromatic carbocycles. The van der Waals surface area contributed by atoms with Crippen LogP contribution < -0.4 is 10.2 Å². The summed E-state index contributed by atoms with van der Waals surface area (Å²) in [6.45, 7) is 0.643. The van der Waals surface area contributed by atoms with Gasteiger partial charge in [-0.1, -0.05) is 0 Å². The zero-order valence-corrected chi connectivity index (χ0v) is 10.2. The summed E-state index contributed by atoms with van der Waals surface area (Å²) in [6, 6.07) is 6.12. The van der Waals surface area contributed by atoms with Crippen LogP contribution in [0, 0.1) is 11.3 Å². The first-order chi connectivity index (χ1) is 8.17. The lowest BCUT2D eigenvalue weighted by Crippen LogP contribution is -2.10. The minimum Gasteiger partial charge on any atom is -0.378 e. The summed E-state index contributed by atoms with van der Waals surface area (Å²) in [5, 5.41) is 12.1. The number of pyridine rings is 1. The van der Waals surface area contributed by atoms with Crippen LogP contribution in [-0.4, -0.2) is 30.5 Å². The number of hydrogen-bond acceptors (Lipinski definition) is 4. The van der Waals surface area contributed by atoms with Crippen molar-refractivity contribution in [1.82, 2.24) is 14.7 Å². The molecule has 1 N–H and O–H groups in total. The molecule has 0 aliphatic heterocycles. The van der Waals surface area contributed by atoms with Crippen molar-refractivity contribution >= 4 is 11.2 Å². The third-order valence-corrected chi connectivity index (χ3v) is 2.66. The lowest BCUT2D eigenvalue weighted by molar-refractivity contribution is 0.754. The number of nitrogens with zero attached hydrogens (tertiary/aromatic N) is 4. The predicted octanol–water partition coefficient (Wildman–Crippen LogP) is 0.991. The Morgan fingerprint density at radius 2 is 2.29 bits per heavy atom. The van der Waals surface area contributed by atoms with Gasteiger partial charge in [0.25, 0.3) is 0 Å². The molecule has 5 heteroatoms. The topological polar surface area (TPSA) is 56.4 Å². The summed E-state index contributed by atoms with van der Waals surface area (Å²) in [6.07, 6.45) is 1.95. The minimum absolute atomic E-state index is 0.471. The maximum Gasteiger partial charge on any atom is 0.166 e. The van der Waals surface area contributed by atoms with Crippen LogP contribution in [0.3, 0.4) is 0 Å². The van der Waals surface area contributed by atoms with E-state index in [1.54, 1.807) is 0 Å². The van der Waals surface area contributed by atoms with Crippen molar-refractivity contribution in [3.8, 4) is 6.07 Å². The molecule has 0 atom stereocenters. The monoisotopic (exact) mass is 229 g/mol. The third-order valence-electron chi connectivity index (χ3n) is 2.66. The molecule has 88 valence electrons. The normalized spacial score (nSPS) is 10.5. The van der Waals surface area contributed by atoms with Crippen molar-refractivity contribution in [3.63, 3.8) is 0 Å². The first-order valence-electron chi connectivity index (χ1n) is 5.40. The van der Waals surface area contributed by atoms with Crippen LogP contribution in [0.15, 0.2) is 18.3 Å². The van der Waals surface area contributed by atoms with Gasteiger partial charge in [0, 0.05) is 26.0 Å². The average Bonchev–Trinajstić information content (AvgIpc) is 2.67. The Bertz CT molecular complexity index is 576. The van der Waals surface area contributed by atoms with Gasteiger partial charge in [-0.3, -0.25) is 0 Å².